The first-order valence-electron chi connectivity index (χ1n) is 5.67. The molecule has 0 saturated heterocycles. The van der Waals surface area contributed by atoms with Crippen molar-refractivity contribution in [2.75, 3.05) is 0 Å². The molecule has 2 aliphatic rings. The Morgan fingerprint density at radius 2 is 1.93 bits per heavy atom. The van der Waals surface area contributed by atoms with Crippen molar-refractivity contribution in [1.82, 2.24) is 0 Å². The van der Waals surface area contributed by atoms with Gasteiger partial charge in [0.05, 0.1) is 5.54 Å². The topological polar surface area (TPSA) is 26.0 Å². The van der Waals surface area contributed by atoms with Crippen molar-refractivity contribution in [3.8, 4) is 0 Å². The van der Waals surface area contributed by atoms with Gasteiger partial charge < -0.3 is 5.73 Å². The molecule has 2 fully saturated rings. The second kappa shape index (κ2) is 3.07. The summed E-state index contributed by atoms with van der Waals surface area (Å²) in [5, 5.41) is 0. The Bertz CT molecular complexity index is 332. The average molecular weight is 207 g/mol. The Balaban J connectivity index is 1.82. The van der Waals surface area contributed by atoms with Crippen molar-refractivity contribution >= 4 is 11.3 Å². The van der Waals surface area contributed by atoms with Crippen molar-refractivity contribution in [2.24, 2.45) is 5.73 Å². The van der Waals surface area contributed by atoms with Gasteiger partial charge in [0.25, 0.3) is 0 Å². The van der Waals surface area contributed by atoms with Crippen LogP contribution in [0.15, 0.2) is 12.1 Å². The number of nitrogens with two attached hydrogens (primary N) is 1. The highest BCUT2D eigenvalue weighted by Crippen LogP contribution is 2.47. The van der Waals surface area contributed by atoms with Gasteiger partial charge in [0.15, 0.2) is 0 Å². The van der Waals surface area contributed by atoms with Crippen LogP contribution in [-0.2, 0) is 5.54 Å². The maximum Gasteiger partial charge on any atom is 0.0505 e. The fourth-order valence-electron chi connectivity index (χ4n) is 2.43. The van der Waals surface area contributed by atoms with Crippen molar-refractivity contribution in [2.45, 2.75) is 50.0 Å². The fraction of sp³-hybridized carbons (Fsp3) is 0.667. The molecular formula is C12H17NS. The number of hydrogen-bond acceptors (Lipinski definition) is 2. The van der Waals surface area contributed by atoms with Gasteiger partial charge in [-0.2, -0.15) is 0 Å². The molecule has 2 heteroatoms. The molecule has 0 radical (unpaired) electrons. The van der Waals surface area contributed by atoms with Gasteiger partial charge in [0.1, 0.15) is 0 Å². The Morgan fingerprint density at radius 3 is 2.57 bits per heavy atom. The van der Waals surface area contributed by atoms with Gasteiger partial charge in [0, 0.05) is 9.75 Å². The fourth-order valence-corrected chi connectivity index (χ4v) is 3.77. The third kappa shape index (κ3) is 1.41. The predicted molar refractivity (Wildman–Crippen MR) is 60.6 cm³/mol. The molecule has 2 saturated carbocycles. The van der Waals surface area contributed by atoms with Crippen molar-refractivity contribution in [1.29, 1.82) is 0 Å². The summed E-state index contributed by atoms with van der Waals surface area (Å²) < 4.78 is 0. The van der Waals surface area contributed by atoms with Crippen LogP contribution in [0.25, 0.3) is 0 Å². The van der Waals surface area contributed by atoms with E-state index in [0.29, 0.717) is 0 Å². The van der Waals surface area contributed by atoms with Crippen LogP contribution in [0, 0.1) is 0 Å². The van der Waals surface area contributed by atoms with Gasteiger partial charge in [-0.25, -0.2) is 0 Å². The van der Waals surface area contributed by atoms with E-state index in [9.17, 15) is 0 Å². The number of hydrogen-bond donors (Lipinski definition) is 1. The van der Waals surface area contributed by atoms with E-state index in [0.717, 1.165) is 5.92 Å². The minimum absolute atomic E-state index is 0.0848. The molecule has 0 unspecified atom stereocenters. The van der Waals surface area contributed by atoms with Crippen LogP contribution in [0.4, 0.5) is 0 Å². The van der Waals surface area contributed by atoms with Crippen LogP contribution in [0.1, 0.15) is 54.2 Å². The van der Waals surface area contributed by atoms with E-state index in [1.807, 2.05) is 11.3 Å². The minimum atomic E-state index is 0.0848. The van der Waals surface area contributed by atoms with Gasteiger partial charge in [-0.05, 0) is 43.7 Å². The standard InChI is InChI=1S/C12H17NS/c13-12(7-8-12)11-6-5-10(14-11)9-3-1-2-4-9/h5-6,9H,1-4,7-8,13H2. The average Bonchev–Trinajstić information content (AvgIpc) is 2.73. The van der Waals surface area contributed by atoms with Crippen LogP contribution in [0.2, 0.25) is 0 Å². The zero-order valence-electron chi connectivity index (χ0n) is 8.46. The molecule has 3 rings (SSSR count). The van der Waals surface area contributed by atoms with E-state index in [4.69, 9.17) is 5.73 Å². The Labute approximate surface area is 89.3 Å². The lowest BCUT2D eigenvalue weighted by atomic mass is 10.1. The number of rotatable bonds is 2. The lowest BCUT2D eigenvalue weighted by Gasteiger charge is -2.06. The Hall–Kier alpha value is -0.340. The lowest BCUT2D eigenvalue weighted by Crippen LogP contribution is -2.16. The second-order valence-electron chi connectivity index (χ2n) is 4.84. The van der Waals surface area contributed by atoms with Gasteiger partial charge >= 0.3 is 0 Å². The summed E-state index contributed by atoms with van der Waals surface area (Å²) in [5.74, 6) is 0.857. The summed E-state index contributed by atoms with van der Waals surface area (Å²) in [6.07, 6.45) is 8.03. The molecule has 1 nitrogen and oxygen atoms in total. The first-order chi connectivity index (χ1) is 6.78. The van der Waals surface area contributed by atoms with Gasteiger partial charge in [-0.15, -0.1) is 11.3 Å². The van der Waals surface area contributed by atoms with Crippen molar-refractivity contribution < 1.29 is 0 Å². The molecule has 76 valence electrons. The molecule has 0 aromatic carbocycles. The highest BCUT2D eigenvalue weighted by atomic mass is 32.1. The third-order valence-electron chi connectivity index (χ3n) is 3.66. The summed E-state index contributed by atoms with van der Waals surface area (Å²) in [4.78, 5) is 3.02. The molecule has 2 N–H and O–H groups in total. The van der Waals surface area contributed by atoms with Crippen LogP contribution in [0.3, 0.4) is 0 Å². The summed E-state index contributed by atoms with van der Waals surface area (Å²) in [6.45, 7) is 0. The Morgan fingerprint density at radius 1 is 1.21 bits per heavy atom. The Kier molecular flexibility index (Phi) is 1.96. The summed E-state index contributed by atoms with van der Waals surface area (Å²) >= 11 is 1.97. The van der Waals surface area contributed by atoms with Crippen LogP contribution in [0.5, 0.6) is 0 Å². The van der Waals surface area contributed by atoms with E-state index in [1.165, 1.54) is 43.4 Å². The van der Waals surface area contributed by atoms with Crippen LogP contribution >= 0.6 is 11.3 Å². The van der Waals surface area contributed by atoms with E-state index in [2.05, 4.69) is 12.1 Å². The normalized spacial score (nSPS) is 25.5. The summed E-state index contributed by atoms with van der Waals surface area (Å²) in [6, 6.07) is 4.59. The number of thiophene rings is 1. The molecule has 1 aromatic rings. The predicted octanol–water partition coefficient (Wildman–Crippen LogP) is 3.35. The molecular weight excluding hydrogens is 190 g/mol. The maximum atomic E-state index is 6.19. The van der Waals surface area contributed by atoms with Crippen LogP contribution in [-0.4, -0.2) is 0 Å². The van der Waals surface area contributed by atoms with E-state index in [-0.39, 0.29) is 5.54 Å². The first-order valence-corrected chi connectivity index (χ1v) is 6.49. The third-order valence-corrected chi connectivity index (χ3v) is 5.13. The van der Waals surface area contributed by atoms with Gasteiger partial charge in [-0.1, -0.05) is 12.8 Å². The van der Waals surface area contributed by atoms with Gasteiger partial charge in [-0.3, -0.25) is 0 Å². The first kappa shape index (κ1) is 8.93. The molecule has 0 aliphatic heterocycles. The molecule has 0 atom stereocenters. The molecule has 1 aromatic heterocycles. The minimum Gasteiger partial charge on any atom is -0.321 e. The van der Waals surface area contributed by atoms with Crippen molar-refractivity contribution in [3.05, 3.63) is 21.9 Å². The summed E-state index contributed by atoms with van der Waals surface area (Å²) in [5.41, 5.74) is 6.28. The van der Waals surface area contributed by atoms with Crippen LogP contribution < -0.4 is 5.73 Å². The smallest absolute Gasteiger partial charge is 0.0505 e. The molecule has 2 aliphatic carbocycles. The monoisotopic (exact) mass is 207 g/mol. The molecule has 1 heterocycles. The van der Waals surface area contributed by atoms with E-state index >= 15 is 0 Å². The quantitative estimate of drug-likeness (QED) is 0.790. The molecule has 0 bridgehead atoms. The largest absolute Gasteiger partial charge is 0.321 e. The SMILES string of the molecule is NC1(c2ccc(C3CCCC3)s2)CC1. The maximum absolute atomic E-state index is 6.19. The van der Waals surface area contributed by atoms with Crippen molar-refractivity contribution in [3.63, 3.8) is 0 Å². The highest BCUT2D eigenvalue weighted by Gasteiger charge is 2.41. The van der Waals surface area contributed by atoms with Gasteiger partial charge in [0.2, 0.25) is 0 Å². The van der Waals surface area contributed by atoms with E-state index < -0.39 is 0 Å². The molecule has 14 heavy (non-hydrogen) atoms. The zero-order chi connectivity index (χ0) is 9.60. The van der Waals surface area contributed by atoms with E-state index in [1.54, 1.807) is 4.88 Å². The molecule has 0 amide bonds. The zero-order valence-corrected chi connectivity index (χ0v) is 9.28. The lowest BCUT2D eigenvalue weighted by molar-refractivity contribution is 0.738. The summed E-state index contributed by atoms with van der Waals surface area (Å²) in [7, 11) is 0. The highest BCUT2D eigenvalue weighted by molar-refractivity contribution is 7.12. The second-order valence-corrected chi connectivity index (χ2v) is 5.95. The molecule has 0 spiro atoms.